The first kappa shape index (κ1) is 18.2. The molecule has 0 spiro atoms. The van der Waals surface area contributed by atoms with Crippen molar-refractivity contribution in [3.8, 4) is 11.1 Å². The van der Waals surface area contributed by atoms with Gasteiger partial charge in [-0.1, -0.05) is 48.5 Å². The summed E-state index contributed by atoms with van der Waals surface area (Å²) in [5, 5.41) is 3.29. The van der Waals surface area contributed by atoms with Gasteiger partial charge in [-0.3, -0.25) is 14.7 Å². The van der Waals surface area contributed by atoms with Gasteiger partial charge in [0, 0.05) is 55.5 Å². The zero-order valence-electron chi connectivity index (χ0n) is 15.7. The van der Waals surface area contributed by atoms with Crippen LogP contribution in [-0.2, 0) is 4.79 Å². The van der Waals surface area contributed by atoms with Crippen LogP contribution in [0.5, 0.6) is 0 Å². The number of nitrogens with zero attached hydrogens (tertiary/aromatic N) is 3. The van der Waals surface area contributed by atoms with E-state index in [9.17, 15) is 4.79 Å². The average Bonchev–Trinajstić information content (AvgIpc) is 2.79. The first-order valence-corrected chi connectivity index (χ1v) is 9.60. The van der Waals surface area contributed by atoms with Crippen molar-refractivity contribution >= 4 is 17.7 Å². The van der Waals surface area contributed by atoms with Gasteiger partial charge in [-0.15, -0.1) is 0 Å². The smallest absolute Gasteiger partial charge is 0.157 e. The Balaban J connectivity index is 1.45. The van der Waals surface area contributed by atoms with Crippen LogP contribution in [0.3, 0.4) is 0 Å². The van der Waals surface area contributed by atoms with E-state index in [1.54, 1.807) is 12.4 Å². The van der Waals surface area contributed by atoms with Crippen LogP contribution >= 0.6 is 0 Å². The van der Waals surface area contributed by atoms with Crippen molar-refractivity contribution in [3.05, 3.63) is 79.1 Å². The quantitative estimate of drug-likeness (QED) is 0.671. The van der Waals surface area contributed by atoms with E-state index in [-0.39, 0.29) is 6.17 Å². The molecule has 1 saturated heterocycles. The van der Waals surface area contributed by atoms with Gasteiger partial charge < -0.3 is 10.2 Å². The predicted molar refractivity (Wildman–Crippen MR) is 113 cm³/mol. The Labute approximate surface area is 165 Å². The van der Waals surface area contributed by atoms with Gasteiger partial charge in [-0.25, -0.2) is 0 Å². The first-order chi connectivity index (χ1) is 13.8. The number of rotatable bonds is 6. The van der Waals surface area contributed by atoms with Gasteiger partial charge in [-0.05, 0) is 23.8 Å². The second-order valence-electron chi connectivity index (χ2n) is 6.87. The minimum Gasteiger partial charge on any atom is -0.368 e. The van der Waals surface area contributed by atoms with Gasteiger partial charge in [0.25, 0.3) is 0 Å². The number of aromatic nitrogens is 1. The highest BCUT2D eigenvalue weighted by molar-refractivity contribution is 5.78. The molecular formula is C23H24N4O. The number of hydrogen-bond acceptors (Lipinski definition) is 5. The molecule has 1 N–H and O–H groups in total. The lowest BCUT2D eigenvalue weighted by molar-refractivity contribution is -0.111. The molecule has 1 fully saturated rings. The standard InChI is InChI=1S/C23H24N4O/c28-18-23(25-20-10-12-24-13-11-20)27-16-14-26(15-17-27)22-9-5-4-8-21(22)19-6-2-1-3-7-19/h1-13,18,23H,14-17H2,(H,24,25). The largest absolute Gasteiger partial charge is 0.368 e. The topological polar surface area (TPSA) is 48.5 Å². The summed E-state index contributed by atoms with van der Waals surface area (Å²) in [5.74, 6) is 0. The van der Waals surface area contributed by atoms with E-state index >= 15 is 0 Å². The van der Waals surface area contributed by atoms with Crippen LogP contribution in [0.2, 0.25) is 0 Å². The molecule has 0 bridgehead atoms. The fraction of sp³-hybridized carbons (Fsp3) is 0.217. The molecule has 0 saturated carbocycles. The third kappa shape index (κ3) is 4.05. The van der Waals surface area contributed by atoms with E-state index in [0.717, 1.165) is 38.2 Å². The Morgan fingerprint density at radius 3 is 2.25 bits per heavy atom. The van der Waals surface area contributed by atoms with E-state index < -0.39 is 0 Å². The number of carbonyl (C=O) groups excluding carboxylic acids is 1. The number of pyridine rings is 1. The van der Waals surface area contributed by atoms with Gasteiger partial charge >= 0.3 is 0 Å². The SMILES string of the molecule is O=CC(Nc1ccncc1)N1CCN(c2ccccc2-c2ccccc2)CC1. The Morgan fingerprint density at radius 2 is 1.54 bits per heavy atom. The molecule has 142 valence electrons. The molecule has 28 heavy (non-hydrogen) atoms. The van der Waals surface area contributed by atoms with E-state index in [4.69, 9.17) is 0 Å². The number of hydrogen-bond donors (Lipinski definition) is 1. The summed E-state index contributed by atoms with van der Waals surface area (Å²) in [7, 11) is 0. The normalized spacial score (nSPS) is 15.8. The Bertz CT molecular complexity index is 893. The number of para-hydroxylation sites is 1. The van der Waals surface area contributed by atoms with Crippen molar-refractivity contribution in [2.75, 3.05) is 36.4 Å². The number of benzene rings is 2. The molecule has 5 heteroatoms. The highest BCUT2D eigenvalue weighted by Crippen LogP contribution is 2.31. The second-order valence-corrected chi connectivity index (χ2v) is 6.87. The number of nitrogens with one attached hydrogen (secondary N) is 1. The molecule has 4 rings (SSSR count). The average molecular weight is 372 g/mol. The second kappa shape index (κ2) is 8.67. The van der Waals surface area contributed by atoms with Gasteiger partial charge in [-0.2, -0.15) is 0 Å². The zero-order chi connectivity index (χ0) is 19.2. The maximum absolute atomic E-state index is 11.7. The molecule has 3 aromatic rings. The molecule has 0 aliphatic carbocycles. The van der Waals surface area contributed by atoms with Gasteiger partial charge in [0.1, 0.15) is 6.17 Å². The third-order valence-corrected chi connectivity index (χ3v) is 5.16. The van der Waals surface area contributed by atoms with Crippen molar-refractivity contribution in [2.45, 2.75) is 6.17 Å². The number of piperazine rings is 1. The van der Waals surface area contributed by atoms with Crippen molar-refractivity contribution in [1.29, 1.82) is 0 Å². The summed E-state index contributed by atoms with van der Waals surface area (Å²) in [5.41, 5.74) is 4.63. The minimum absolute atomic E-state index is 0.325. The summed E-state index contributed by atoms with van der Waals surface area (Å²) in [6.45, 7) is 3.41. The summed E-state index contributed by atoms with van der Waals surface area (Å²) < 4.78 is 0. The molecule has 1 unspecified atom stereocenters. The van der Waals surface area contributed by atoms with Crippen LogP contribution in [0.25, 0.3) is 11.1 Å². The van der Waals surface area contributed by atoms with Crippen LogP contribution in [0, 0.1) is 0 Å². The molecule has 1 aromatic heterocycles. The number of carbonyl (C=O) groups is 1. The molecule has 2 aromatic carbocycles. The van der Waals surface area contributed by atoms with Crippen molar-refractivity contribution in [2.24, 2.45) is 0 Å². The maximum Gasteiger partial charge on any atom is 0.157 e. The lowest BCUT2D eigenvalue weighted by atomic mass is 10.0. The van der Waals surface area contributed by atoms with Gasteiger partial charge in [0.15, 0.2) is 6.29 Å². The molecule has 1 atom stereocenters. The molecule has 0 radical (unpaired) electrons. The highest BCUT2D eigenvalue weighted by atomic mass is 16.1. The van der Waals surface area contributed by atoms with Crippen LogP contribution < -0.4 is 10.2 Å². The lowest BCUT2D eigenvalue weighted by Crippen LogP contribution is -2.53. The Morgan fingerprint density at radius 1 is 0.857 bits per heavy atom. The summed E-state index contributed by atoms with van der Waals surface area (Å²) in [6, 6.07) is 22.8. The van der Waals surface area contributed by atoms with Crippen molar-refractivity contribution < 1.29 is 4.79 Å². The van der Waals surface area contributed by atoms with E-state index in [1.165, 1.54) is 16.8 Å². The highest BCUT2D eigenvalue weighted by Gasteiger charge is 2.24. The number of aldehydes is 1. The van der Waals surface area contributed by atoms with Crippen LogP contribution in [0.4, 0.5) is 11.4 Å². The third-order valence-electron chi connectivity index (χ3n) is 5.16. The monoisotopic (exact) mass is 372 g/mol. The summed E-state index contributed by atoms with van der Waals surface area (Å²) >= 11 is 0. The van der Waals surface area contributed by atoms with Crippen LogP contribution in [-0.4, -0.2) is 48.5 Å². The lowest BCUT2D eigenvalue weighted by Gasteiger charge is -2.39. The van der Waals surface area contributed by atoms with E-state index in [2.05, 4.69) is 68.6 Å². The fourth-order valence-corrected chi connectivity index (χ4v) is 3.68. The molecular weight excluding hydrogens is 348 g/mol. The summed E-state index contributed by atoms with van der Waals surface area (Å²) in [6.07, 6.45) is 4.10. The van der Waals surface area contributed by atoms with E-state index in [1.807, 2.05) is 18.2 Å². The minimum atomic E-state index is -0.325. The molecule has 1 aliphatic rings. The van der Waals surface area contributed by atoms with Crippen molar-refractivity contribution in [3.63, 3.8) is 0 Å². The zero-order valence-corrected chi connectivity index (χ0v) is 15.7. The number of anilines is 2. The molecule has 5 nitrogen and oxygen atoms in total. The Hall–Kier alpha value is -3.18. The van der Waals surface area contributed by atoms with Crippen LogP contribution in [0.15, 0.2) is 79.1 Å². The Kier molecular flexibility index (Phi) is 5.64. The van der Waals surface area contributed by atoms with E-state index in [0.29, 0.717) is 0 Å². The van der Waals surface area contributed by atoms with Crippen molar-refractivity contribution in [1.82, 2.24) is 9.88 Å². The molecule has 1 aliphatic heterocycles. The van der Waals surface area contributed by atoms with Gasteiger partial charge in [0.05, 0.1) is 0 Å². The maximum atomic E-state index is 11.7. The molecule has 0 amide bonds. The van der Waals surface area contributed by atoms with Gasteiger partial charge in [0.2, 0.25) is 0 Å². The van der Waals surface area contributed by atoms with Crippen LogP contribution in [0.1, 0.15) is 0 Å². The fourth-order valence-electron chi connectivity index (χ4n) is 3.68. The molecule has 2 heterocycles. The first-order valence-electron chi connectivity index (χ1n) is 9.60. The summed E-state index contributed by atoms with van der Waals surface area (Å²) in [4.78, 5) is 20.3. The predicted octanol–water partition coefficient (Wildman–Crippen LogP) is 3.51.